The summed E-state index contributed by atoms with van der Waals surface area (Å²) in [5.74, 6) is 0.148. The number of methoxy groups -OCH3 is 1. The highest BCUT2D eigenvalue weighted by Gasteiger charge is 2.11. The largest absolute Gasteiger partial charge is 0.481 e. The van der Waals surface area contributed by atoms with Gasteiger partial charge in [0.15, 0.2) is 0 Å². The van der Waals surface area contributed by atoms with E-state index in [0.717, 1.165) is 6.42 Å². The second-order valence-corrected chi connectivity index (χ2v) is 4.79. The van der Waals surface area contributed by atoms with Crippen LogP contribution >= 0.6 is 0 Å². The predicted octanol–water partition coefficient (Wildman–Crippen LogP) is 3.56. The van der Waals surface area contributed by atoms with Gasteiger partial charge in [0.05, 0.1) is 24.3 Å². The summed E-state index contributed by atoms with van der Waals surface area (Å²) in [6.07, 6.45) is 2.60. The Morgan fingerprint density at radius 1 is 1.05 bits per heavy atom. The molecule has 0 aliphatic heterocycles. The number of rotatable bonds is 4. The Kier molecular flexibility index (Phi) is 3.77. The maximum absolute atomic E-state index is 14.1. The first-order chi connectivity index (χ1) is 10.3. The first kappa shape index (κ1) is 13.5. The first-order valence-electron chi connectivity index (χ1n) is 6.80. The molecule has 0 fully saturated rings. The van der Waals surface area contributed by atoms with E-state index in [2.05, 4.69) is 9.97 Å². The van der Waals surface area contributed by atoms with E-state index in [9.17, 15) is 4.39 Å². The van der Waals surface area contributed by atoms with Crippen LogP contribution in [-0.4, -0.2) is 17.1 Å². The molecule has 0 saturated heterocycles. The van der Waals surface area contributed by atoms with E-state index in [4.69, 9.17) is 4.74 Å². The topological polar surface area (TPSA) is 35.0 Å². The number of pyridine rings is 2. The van der Waals surface area contributed by atoms with E-state index in [1.54, 1.807) is 19.2 Å². The molecule has 0 radical (unpaired) electrons. The van der Waals surface area contributed by atoms with Crippen molar-refractivity contribution in [2.45, 2.75) is 12.8 Å². The van der Waals surface area contributed by atoms with E-state index in [-0.39, 0.29) is 5.82 Å². The van der Waals surface area contributed by atoms with Crippen LogP contribution in [0, 0.1) is 5.82 Å². The molecule has 0 aliphatic carbocycles. The Labute approximate surface area is 122 Å². The SMILES string of the molecule is COc1ccc2ncc(F)c(CCc3ccccc3)c2n1. The molecular weight excluding hydrogens is 267 g/mol. The average Bonchev–Trinajstić information content (AvgIpc) is 2.54. The zero-order valence-corrected chi connectivity index (χ0v) is 11.7. The number of hydrogen-bond acceptors (Lipinski definition) is 3. The van der Waals surface area contributed by atoms with Crippen LogP contribution in [0.15, 0.2) is 48.7 Å². The van der Waals surface area contributed by atoms with Crippen LogP contribution in [0.25, 0.3) is 11.0 Å². The lowest BCUT2D eigenvalue weighted by atomic mass is 10.0. The number of hydrogen-bond donors (Lipinski definition) is 0. The van der Waals surface area contributed by atoms with Gasteiger partial charge in [0.25, 0.3) is 0 Å². The molecule has 21 heavy (non-hydrogen) atoms. The summed E-state index contributed by atoms with van der Waals surface area (Å²) in [4.78, 5) is 8.42. The van der Waals surface area contributed by atoms with Crippen molar-refractivity contribution in [1.29, 1.82) is 0 Å². The van der Waals surface area contributed by atoms with Crippen molar-refractivity contribution < 1.29 is 9.13 Å². The molecule has 0 unspecified atom stereocenters. The molecule has 2 heterocycles. The van der Waals surface area contributed by atoms with Crippen LogP contribution in [0.4, 0.5) is 4.39 Å². The maximum atomic E-state index is 14.1. The van der Waals surface area contributed by atoms with Gasteiger partial charge in [-0.2, -0.15) is 0 Å². The summed E-state index contributed by atoms with van der Waals surface area (Å²) >= 11 is 0. The minimum atomic E-state index is -0.320. The molecule has 0 bridgehead atoms. The molecule has 4 heteroatoms. The fraction of sp³-hybridized carbons (Fsp3) is 0.176. The highest BCUT2D eigenvalue weighted by Crippen LogP contribution is 2.22. The highest BCUT2D eigenvalue weighted by molar-refractivity contribution is 5.78. The van der Waals surface area contributed by atoms with Gasteiger partial charge in [-0.25, -0.2) is 9.37 Å². The number of ether oxygens (including phenoxy) is 1. The van der Waals surface area contributed by atoms with E-state index >= 15 is 0 Å². The molecule has 1 aromatic carbocycles. The van der Waals surface area contributed by atoms with Gasteiger partial charge in [-0.1, -0.05) is 30.3 Å². The van der Waals surface area contributed by atoms with E-state index < -0.39 is 0 Å². The zero-order chi connectivity index (χ0) is 14.7. The van der Waals surface area contributed by atoms with Crippen molar-refractivity contribution in [3.8, 4) is 5.88 Å². The van der Waals surface area contributed by atoms with Crippen LogP contribution < -0.4 is 4.74 Å². The normalized spacial score (nSPS) is 10.8. The number of nitrogens with zero attached hydrogens (tertiary/aromatic N) is 2. The van der Waals surface area contributed by atoms with Crippen LogP contribution in [0.5, 0.6) is 5.88 Å². The van der Waals surface area contributed by atoms with E-state index in [1.165, 1.54) is 11.8 Å². The van der Waals surface area contributed by atoms with Gasteiger partial charge in [-0.05, 0) is 24.5 Å². The minimum absolute atomic E-state index is 0.320. The van der Waals surface area contributed by atoms with Crippen molar-refractivity contribution >= 4 is 11.0 Å². The Balaban J connectivity index is 1.98. The Bertz CT molecular complexity index is 759. The van der Waals surface area contributed by atoms with Gasteiger partial charge in [0.1, 0.15) is 5.82 Å². The van der Waals surface area contributed by atoms with Crippen molar-refractivity contribution in [3.05, 3.63) is 65.6 Å². The van der Waals surface area contributed by atoms with Gasteiger partial charge < -0.3 is 4.74 Å². The lowest BCUT2D eigenvalue weighted by Crippen LogP contribution is -2.00. The number of aromatic nitrogens is 2. The van der Waals surface area contributed by atoms with Crippen molar-refractivity contribution in [2.75, 3.05) is 7.11 Å². The standard InChI is InChI=1S/C17H15FN2O/c1-21-16-10-9-15-17(20-16)13(14(18)11-19-15)8-7-12-5-3-2-4-6-12/h2-6,9-11H,7-8H2,1H3. The van der Waals surface area contributed by atoms with Crippen LogP contribution in [-0.2, 0) is 12.8 Å². The van der Waals surface area contributed by atoms with Crippen LogP contribution in [0.3, 0.4) is 0 Å². The summed E-state index contributed by atoms with van der Waals surface area (Å²) in [5, 5.41) is 0. The molecule has 0 saturated carbocycles. The fourth-order valence-electron chi connectivity index (χ4n) is 2.34. The molecule has 0 aliphatic rings. The maximum Gasteiger partial charge on any atom is 0.213 e. The molecular formula is C17H15FN2O. The number of fused-ring (bicyclic) bond motifs is 1. The molecule has 0 amide bonds. The lowest BCUT2D eigenvalue weighted by molar-refractivity contribution is 0.399. The molecule has 2 aromatic heterocycles. The molecule has 106 valence electrons. The van der Waals surface area contributed by atoms with Gasteiger partial charge in [0.2, 0.25) is 5.88 Å². The Morgan fingerprint density at radius 2 is 1.86 bits per heavy atom. The third-order valence-electron chi connectivity index (χ3n) is 3.46. The Morgan fingerprint density at radius 3 is 2.62 bits per heavy atom. The third-order valence-corrected chi connectivity index (χ3v) is 3.46. The van der Waals surface area contributed by atoms with Crippen molar-refractivity contribution in [1.82, 2.24) is 9.97 Å². The van der Waals surface area contributed by atoms with Crippen LogP contribution in [0.1, 0.15) is 11.1 Å². The molecule has 0 N–H and O–H groups in total. The van der Waals surface area contributed by atoms with E-state index in [0.29, 0.717) is 28.9 Å². The first-order valence-corrected chi connectivity index (χ1v) is 6.80. The molecule has 3 nitrogen and oxygen atoms in total. The van der Waals surface area contributed by atoms with Gasteiger partial charge in [-0.15, -0.1) is 0 Å². The number of aryl methyl sites for hydroxylation is 2. The highest BCUT2D eigenvalue weighted by atomic mass is 19.1. The molecule has 3 rings (SSSR count). The quantitative estimate of drug-likeness (QED) is 0.734. The molecule has 0 spiro atoms. The summed E-state index contributed by atoms with van der Waals surface area (Å²) in [7, 11) is 1.55. The van der Waals surface area contributed by atoms with Gasteiger partial charge in [0, 0.05) is 11.6 Å². The second-order valence-electron chi connectivity index (χ2n) is 4.79. The van der Waals surface area contributed by atoms with Crippen molar-refractivity contribution in [2.24, 2.45) is 0 Å². The third kappa shape index (κ3) is 2.84. The van der Waals surface area contributed by atoms with Gasteiger partial charge >= 0.3 is 0 Å². The average molecular weight is 282 g/mol. The van der Waals surface area contributed by atoms with Crippen molar-refractivity contribution in [3.63, 3.8) is 0 Å². The summed E-state index contributed by atoms with van der Waals surface area (Å²) in [6.45, 7) is 0. The van der Waals surface area contributed by atoms with E-state index in [1.807, 2.05) is 30.3 Å². The summed E-state index contributed by atoms with van der Waals surface area (Å²) in [6, 6.07) is 13.5. The Hall–Kier alpha value is -2.49. The second kappa shape index (κ2) is 5.87. The predicted molar refractivity (Wildman–Crippen MR) is 79.9 cm³/mol. The van der Waals surface area contributed by atoms with Gasteiger partial charge in [-0.3, -0.25) is 4.98 Å². The summed E-state index contributed by atoms with van der Waals surface area (Å²) in [5.41, 5.74) is 3.01. The summed E-state index contributed by atoms with van der Waals surface area (Å²) < 4.78 is 19.2. The molecule has 3 aromatic rings. The fourth-order valence-corrected chi connectivity index (χ4v) is 2.34. The lowest BCUT2D eigenvalue weighted by Gasteiger charge is -2.08. The zero-order valence-electron chi connectivity index (χ0n) is 11.7. The molecule has 0 atom stereocenters. The smallest absolute Gasteiger partial charge is 0.213 e. The van der Waals surface area contributed by atoms with Crippen LogP contribution in [0.2, 0.25) is 0 Å². The number of benzene rings is 1. The monoisotopic (exact) mass is 282 g/mol. The number of halogens is 1. The minimum Gasteiger partial charge on any atom is -0.481 e.